The lowest BCUT2D eigenvalue weighted by atomic mass is 10.2. The molecule has 2 rings (SSSR count). The van der Waals surface area contributed by atoms with Crippen molar-refractivity contribution in [3.05, 3.63) is 48.2 Å². The summed E-state index contributed by atoms with van der Waals surface area (Å²) in [5.41, 5.74) is 1.83. The summed E-state index contributed by atoms with van der Waals surface area (Å²) in [6.07, 6.45) is 2.56. The summed E-state index contributed by atoms with van der Waals surface area (Å²) in [6.45, 7) is 6.14. The maximum absolute atomic E-state index is 11.9. The zero-order valence-corrected chi connectivity index (χ0v) is 13.8. The van der Waals surface area contributed by atoms with E-state index in [0.29, 0.717) is 17.5 Å². The van der Waals surface area contributed by atoms with Crippen LogP contribution < -0.4 is 15.4 Å². The number of rotatable bonds is 7. The maximum Gasteiger partial charge on any atom is 0.262 e. The lowest BCUT2D eigenvalue weighted by molar-refractivity contribution is -0.118. The molecule has 0 unspecified atom stereocenters. The van der Waals surface area contributed by atoms with Crippen LogP contribution in [0.5, 0.6) is 5.75 Å². The molecule has 0 radical (unpaired) electrons. The molecule has 2 N–H and O–H groups in total. The van der Waals surface area contributed by atoms with Crippen molar-refractivity contribution < 1.29 is 9.53 Å². The number of pyridine rings is 1. The molecule has 0 aliphatic carbocycles. The van der Waals surface area contributed by atoms with Gasteiger partial charge < -0.3 is 15.4 Å². The summed E-state index contributed by atoms with van der Waals surface area (Å²) in [6, 6.07) is 11.7. The molecule has 0 aliphatic rings. The Balaban J connectivity index is 1.84. The van der Waals surface area contributed by atoms with Gasteiger partial charge in [0.2, 0.25) is 0 Å². The van der Waals surface area contributed by atoms with Crippen molar-refractivity contribution in [1.29, 1.82) is 0 Å². The molecule has 0 atom stereocenters. The number of anilines is 2. The van der Waals surface area contributed by atoms with Crippen molar-refractivity contribution in [2.45, 2.75) is 33.2 Å². The maximum atomic E-state index is 11.9. The second kappa shape index (κ2) is 8.17. The third-order valence-electron chi connectivity index (χ3n) is 3.16. The third-order valence-corrected chi connectivity index (χ3v) is 3.16. The molecule has 23 heavy (non-hydrogen) atoms. The molecule has 122 valence electrons. The summed E-state index contributed by atoms with van der Waals surface area (Å²) in [5.74, 6) is 1.28. The van der Waals surface area contributed by atoms with E-state index in [1.54, 1.807) is 6.20 Å². The third kappa shape index (κ3) is 5.62. The predicted molar refractivity (Wildman–Crippen MR) is 92.9 cm³/mol. The van der Waals surface area contributed by atoms with E-state index in [4.69, 9.17) is 4.74 Å². The molecule has 0 bridgehead atoms. The largest absolute Gasteiger partial charge is 0.484 e. The highest BCUT2D eigenvalue weighted by atomic mass is 16.5. The predicted octanol–water partition coefficient (Wildman–Crippen LogP) is 3.48. The van der Waals surface area contributed by atoms with Gasteiger partial charge in [0.1, 0.15) is 11.6 Å². The number of hydrogen-bond acceptors (Lipinski definition) is 4. The highest BCUT2D eigenvalue weighted by molar-refractivity contribution is 5.91. The Morgan fingerprint density at radius 3 is 2.74 bits per heavy atom. The topological polar surface area (TPSA) is 63.2 Å². The molecule has 2 aromatic rings. The van der Waals surface area contributed by atoms with Crippen LogP contribution in [0.3, 0.4) is 0 Å². The van der Waals surface area contributed by atoms with Gasteiger partial charge in [0.05, 0.1) is 11.9 Å². The van der Waals surface area contributed by atoms with E-state index in [0.717, 1.165) is 12.2 Å². The van der Waals surface area contributed by atoms with Gasteiger partial charge in [-0.25, -0.2) is 4.98 Å². The first-order chi connectivity index (χ1) is 11.1. The fourth-order valence-electron chi connectivity index (χ4n) is 2.05. The van der Waals surface area contributed by atoms with Crippen LogP contribution in [0.25, 0.3) is 0 Å². The number of benzene rings is 1. The molecule has 0 saturated carbocycles. The summed E-state index contributed by atoms with van der Waals surface area (Å²) in [4.78, 5) is 16.2. The van der Waals surface area contributed by atoms with E-state index in [2.05, 4.69) is 22.5 Å². The van der Waals surface area contributed by atoms with Crippen molar-refractivity contribution in [2.75, 3.05) is 17.2 Å². The SMILES string of the molecule is CCc1cccc(OCC(=O)Nc2ccc(NC(C)C)nc2)c1. The van der Waals surface area contributed by atoms with Crippen LogP contribution in [-0.2, 0) is 11.2 Å². The first kappa shape index (κ1) is 16.8. The van der Waals surface area contributed by atoms with Crippen molar-refractivity contribution in [2.24, 2.45) is 0 Å². The minimum absolute atomic E-state index is 0.0286. The molecule has 0 saturated heterocycles. The Hall–Kier alpha value is -2.56. The Morgan fingerprint density at radius 1 is 1.26 bits per heavy atom. The van der Waals surface area contributed by atoms with Gasteiger partial charge in [-0.05, 0) is 50.1 Å². The number of aromatic nitrogens is 1. The highest BCUT2D eigenvalue weighted by Crippen LogP contribution is 2.14. The Kier molecular flexibility index (Phi) is 5.97. The van der Waals surface area contributed by atoms with Crippen LogP contribution >= 0.6 is 0 Å². The smallest absolute Gasteiger partial charge is 0.262 e. The molecule has 0 fully saturated rings. The van der Waals surface area contributed by atoms with Gasteiger partial charge in [0.25, 0.3) is 5.91 Å². The fourth-order valence-corrected chi connectivity index (χ4v) is 2.05. The van der Waals surface area contributed by atoms with E-state index >= 15 is 0 Å². The van der Waals surface area contributed by atoms with Gasteiger partial charge in [-0.1, -0.05) is 19.1 Å². The first-order valence-corrected chi connectivity index (χ1v) is 7.81. The van der Waals surface area contributed by atoms with Gasteiger partial charge in [0.15, 0.2) is 6.61 Å². The van der Waals surface area contributed by atoms with Crippen LogP contribution in [0.2, 0.25) is 0 Å². The van der Waals surface area contributed by atoms with Crippen molar-refractivity contribution in [1.82, 2.24) is 4.98 Å². The molecule has 5 nitrogen and oxygen atoms in total. The molecule has 1 amide bonds. The normalized spacial score (nSPS) is 10.4. The number of amides is 1. The Bertz CT molecular complexity index is 639. The quantitative estimate of drug-likeness (QED) is 0.821. The van der Waals surface area contributed by atoms with Gasteiger partial charge in [-0.15, -0.1) is 0 Å². The van der Waals surface area contributed by atoms with E-state index in [1.807, 2.05) is 50.2 Å². The number of aryl methyl sites for hydroxylation is 1. The molecular formula is C18H23N3O2. The Labute approximate surface area is 137 Å². The highest BCUT2D eigenvalue weighted by Gasteiger charge is 2.05. The number of hydrogen-bond donors (Lipinski definition) is 2. The van der Waals surface area contributed by atoms with Gasteiger partial charge in [0, 0.05) is 6.04 Å². The molecule has 0 spiro atoms. The minimum atomic E-state index is -0.210. The second-order valence-electron chi connectivity index (χ2n) is 5.57. The van der Waals surface area contributed by atoms with Gasteiger partial charge >= 0.3 is 0 Å². The molecular weight excluding hydrogens is 290 g/mol. The van der Waals surface area contributed by atoms with E-state index in [1.165, 1.54) is 5.56 Å². The van der Waals surface area contributed by atoms with E-state index < -0.39 is 0 Å². The Morgan fingerprint density at radius 2 is 2.09 bits per heavy atom. The minimum Gasteiger partial charge on any atom is -0.484 e. The lowest BCUT2D eigenvalue weighted by Gasteiger charge is -2.10. The van der Waals surface area contributed by atoms with Crippen LogP contribution in [0, 0.1) is 0 Å². The summed E-state index contributed by atoms with van der Waals surface area (Å²) in [7, 11) is 0. The van der Waals surface area contributed by atoms with Crippen molar-refractivity contribution in [3.8, 4) is 5.75 Å². The van der Waals surface area contributed by atoms with E-state index in [-0.39, 0.29) is 12.5 Å². The van der Waals surface area contributed by atoms with Crippen molar-refractivity contribution >= 4 is 17.4 Å². The molecule has 1 aromatic carbocycles. The average Bonchev–Trinajstić information content (AvgIpc) is 2.54. The molecule has 0 aliphatic heterocycles. The zero-order chi connectivity index (χ0) is 16.7. The first-order valence-electron chi connectivity index (χ1n) is 7.81. The summed E-state index contributed by atoms with van der Waals surface area (Å²) >= 11 is 0. The van der Waals surface area contributed by atoms with Crippen LogP contribution in [0.1, 0.15) is 26.3 Å². The summed E-state index contributed by atoms with van der Waals surface area (Å²) < 4.78 is 5.51. The number of ether oxygens (including phenoxy) is 1. The van der Waals surface area contributed by atoms with Crippen LogP contribution in [0.4, 0.5) is 11.5 Å². The van der Waals surface area contributed by atoms with Crippen LogP contribution in [-0.4, -0.2) is 23.5 Å². The number of carbonyl (C=O) groups excluding carboxylic acids is 1. The number of carbonyl (C=O) groups is 1. The average molecular weight is 313 g/mol. The molecule has 1 aromatic heterocycles. The monoisotopic (exact) mass is 313 g/mol. The second-order valence-corrected chi connectivity index (χ2v) is 5.57. The fraction of sp³-hybridized carbons (Fsp3) is 0.333. The molecule has 1 heterocycles. The zero-order valence-electron chi connectivity index (χ0n) is 13.8. The summed E-state index contributed by atoms with van der Waals surface area (Å²) in [5, 5.41) is 5.96. The lowest BCUT2D eigenvalue weighted by Crippen LogP contribution is -2.20. The van der Waals surface area contributed by atoms with Crippen LogP contribution in [0.15, 0.2) is 42.6 Å². The number of nitrogens with zero attached hydrogens (tertiary/aromatic N) is 1. The standard InChI is InChI=1S/C18H23N3O2/c1-4-14-6-5-7-16(10-14)23-12-18(22)21-15-8-9-17(19-11-15)20-13(2)3/h5-11,13H,4,12H2,1-3H3,(H,19,20)(H,21,22). The molecule has 5 heteroatoms. The number of nitrogens with one attached hydrogen (secondary N) is 2. The van der Waals surface area contributed by atoms with Gasteiger partial charge in [-0.2, -0.15) is 0 Å². The van der Waals surface area contributed by atoms with E-state index in [9.17, 15) is 4.79 Å². The van der Waals surface area contributed by atoms with Crippen molar-refractivity contribution in [3.63, 3.8) is 0 Å². The van der Waals surface area contributed by atoms with Gasteiger partial charge in [-0.3, -0.25) is 4.79 Å².